The lowest BCUT2D eigenvalue weighted by atomic mass is 10.2. The smallest absolute Gasteiger partial charge is 0.257 e. The summed E-state index contributed by atoms with van der Waals surface area (Å²) in [7, 11) is 0. The molecule has 1 aliphatic rings. The van der Waals surface area contributed by atoms with Crippen LogP contribution >= 0.6 is 23.2 Å². The van der Waals surface area contributed by atoms with Crippen molar-refractivity contribution in [2.24, 2.45) is 0 Å². The second kappa shape index (κ2) is 7.11. The standard InChI is InChI=1S/C17H15Cl2N3O2/c18-11-1-6-14(15(19)9-11)17(24)21-12-2-4-13(5-3-12)22-8-7-20-16(23)10-22/h1-6,9H,7-8,10H2,(H,20,23)(H,21,24). The van der Waals surface area contributed by atoms with Crippen LogP contribution in [0.4, 0.5) is 11.4 Å². The summed E-state index contributed by atoms with van der Waals surface area (Å²) in [6.45, 7) is 1.73. The van der Waals surface area contributed by atoms with Gasteiger partial charge in [-0.15, -0.1) is 0 Å². The summed E-state index contributed by atoms with van der Waals surface area (Å²) in [6.07, 6.45) is 0. The van der Waals surface area contributed by atoms with E-state index in [0.29, 0.717) is 34.4 Å². The summed E-state index contributed by atoms with van der Waals surface area (Å²) < 4.78 is 0. The molecule has 7 heteroatoms. The molecule has 0 bridgehead atoms. The summed E-state index contributed by atoms with van der Waals surface area (Å²) in [4.78, 5) is 25.7. The zero-order chi connectivity index (χ0) is 17.1. The molecule has 0 radical (unpaired) electrons. The molecule has 0 saturated carbocycles. The highest BCUT2D eigenvalue weighted by molar-refractivity contribution is 6.37. The van der Waals surface area contributed by atoms with Gasteiger partial charge < -0.3 is 15.5 Å². The van der Waals surface area contributed by atoms with Crippen molar-refractivity contribution >= 4 is 46.4 Å². The lowest BCUT2D eigenvalue weighted by Crippen LogP contribution is -2.47. The van der Waals surface area contributed by atoms with E-state index in [1.54, 1.807) is 24.3 Å². The molecule has 5 nitrogen and oxygen atoms in total. The van der Waals surface area contributed by atoms with Crippen molar-refractivity contribution in [3.05, 3.63) is 58.1 Å². The number of benzene rings is 2. The predicted molar refractivity (Wildman–Crippen MR) is 96.1 cm³/mol. The minimum Gasteiger partial charge on any atom is -0.360 e. The van der Waals surface area contributed by atoms with Gasteiger partial charge >= 0.3 is 0 Å². The maximum atomic E-state index is 12.3. The van der Waals surface area contributed by atoms with Crippen LogP contribution in [0.15, 0.2) is 42.5 Å². The zero-order valence-electron chi connectivity index (χ0n) is 12.7. The quantitative estimate of drug-likeness (QED) is 0.880. The van der Waals surface area contributed by atoms with Gasteiger partial charge in [0.2, 0.25) is 5.91 Å². The summed E-state index contributed by atoms with van der Waals surface area (Å²) in [6, 6.07) is 12.1. The Kier molecular flexibility index (Phi) is 4.92. The Bertz CT molecular complexity index is 778. The minimum atomic E-state index is -0.304. The number of nitrogens with one attached hydrogen (secondary N) is 2. The van der Waals surface area contributed by atoms with Crippen LogP contribution in [0.25, 0.3) is 0 Å². The fourth-order valence-corrected chi connectivity index (χ4v) is 2.98. The molecule has 2 aromatic carbocycles. The third kappa shape index (κ3) is 3.80. The van der Waals surface area contributed by atoms with Crippen LogP contribution < -0.4 is 15.5 Å². The van der Waals surface area contributed by atoms with Crippen molar-refractivity contribution in [2.75, 3.05) is 29.9 Å². The highest BCUT2D eigenvalue weighted by Gasteiger charge is 2.16. The minimum absolute atomic E-state index is 0.0102. The van der Waals surface area contributed by atoms with Crippen molar-refractivity contribution < 1.29 is 9.59 Å². The SMILES string of the molecule is O=C1CN(c2ccc(NC(=O)c3ccc(Cl)cc3Cl)cc2)CCN1. The molecule has 0 atom stereocenters. The summed E-state index contributed by atoms with van der Waals surface area (Å²) >= 11 is 11.9. The van der Waals surface area contributed by atoms with Gasteiger partial charge in [-0.05, 0) is 42.5 Å². The normalized spacial score (nSPS) is 14.2. The first-order valence-electron chi connectivity index (χ1n) is 7.41. The van der Waals surface area contributed by atoms with Crippen LogP contribution in [0.2, 0.25) is 10.0 Å². The molecule has 0 unspecified atom stereocenters. The largest absolute Gasteiger partial charge is 0.360 e. The van der Waals surface area contributed by atoms with Crippen molar-refractivity contribution in [3.8, 4) is 0 Å². The first-order valence-corrected chi connectivity index (χ1v) is 8.16. The molecule has 24 heavy (non-hydrogen) atoms. The molecule has 1 aliphatic heterocycles. The van der Waals surface area contributed by atoms with Crippen LogP contribution in [0.1, 0.15) is 10.4 Å². The van der Waals surface area contributed by atoms with Gasteiger partial charge in [-0.25, -0.2) is 0 Å². The Morgan fingerprint density at radius 1 is 1.12 bits per heavy atom. The average molecular weight is 364 g/mol. The molecular weight excluding hydrogens is 349 g/mol. The number of piperazine rings is 1. The Morgan fingerprint density at radius 2 is 1.88 bits per heavy atom. The Labute approximate surface area is 149 Å². The number of anilines is 2. The third-order valence-electron chi connectivity index (χ3n) is 3.70. The molecule has 0 aromatic heterocycles. The van der Waals surface area contributed by atoms with Gasteiger partial charge in [-0.3, -0.25) is 9.59 Å². The number of amides is 2. The van der Waals surface area contributed by atoms with Crippen molar-refractivity contribution in [1.29, 1.82) is 0 Å². The molecule has 1 heterocycles. The second-order valence-electron chi connectivity index (χ2n) is 5.40. The van der Waals surface area contributed by atoms with E-state index in [9.17, 15) is 9.59 Å². The van der Waals surface area contributed by atoms with Gasteiger partial charge in [0.1, 0.15) is 0 Å². The average Bonchev–Trinajstić information content (AvgIpc) is 2.55. The van der Waals surface area contributed by atoms with Gasteiger partial charge in [0.05, 0.1) is 17.1 Å². The molecular formula is C17H15Cl2N3O2. The monoisotopic (exact) mass is 363 g/mol. The third-order valence-corrected chi connectivity index (χ3v) is 4.25. The van der Waals surface area contributed by atoms with Crippen molar-refractivity contribution in [3.63, 3.8) is 0 Å². The number of carbonyl (C=O) groups is 2. The molecule has 1 saturated heterocycles. The van der Waals surface area contributed by atoms with E-state index < -0.39 is 0 Å². The maximum absolute atomic E-state index is 12.3. The van der Waals surface area contributed by atoms with Crippen LogP contribution in [0, 0.1) is 0 Å². The summed E-state index contributed by atoms with van der Waals surface area (Å²) in [5, 5.41) is 6.36. The van der Waals surface area contributed by atoms with E-state index in [4.69, 9.17) is 23.2 Å². The molecule has 124 valence electrons. The van der Waals surface area contributed by atoms with Crippen LogP contribution in [-0.4, -0.2) is 31.4 Å². The predicted octanol–water partition coefficient (Wildman–Crippen LogP) is 3.18. The number of carbonyl (C=O) groups excluding carboxylic acids is 2. The maximum Gasteiger partial charge on any atom is 0.257 e. The Hall–Kier alpha value is -2.24. The Balaban J connectivity index is 1.69. The molecule has 0 aliphatic carbocycles. The number of nitrogens with zero attached hydrogens (tertiary/aromatic N) is 1. The summed E-state index contributed by atoms with van der Waals surface area (Å²) in [5.74, 6) is -0.294. The van der Waals surface area contributed by atoms with E-state index >= 15 is 0 Å². The van der Waals surface area contributed by atoms with Crippen molar-refractivity contribution in [1.82, 2.24) is 5.32 Å². The van der Waals surface area contributed by atoms with E-state index in [0.717, 1.165) is 12.2 Å². The highest BCUT2D eigenvalue weighted by atomic mass is 35.5. The molecule has 1 fully saturated rings. The fourth-order valence-electron chi connectivity index (χ4n) is 2.49. The van der Waals surface area contributed by atoms with Gasteiger partial charge in [0, 0.05) is 29.5 Å². The van der Waals surface area contributed by atoms with Crippen LogP contribution in [-0.2, 0) is 4.79 Å². The van der Waals surface area contributed by atoms with Crippen LogP contribution in [0.3, 0.4) is 0 Å². The lowest BCUT2D eigenvalue weighted by Gasteiger charge is -2.28. The van der Waals surface area contributed by atoms with Crippen molar-refractivity contribution in [2.45, 2.75) is 0 Å². The van der Waals surface area contributed by atoms with Gasteiger partial charge in [0.15, 0.2) is 0 Å². The second-order valence-corrected chi connectivity index (χ2v) is 6.24. The van der Waals surface area contributed by atoms with Gasteiger partial charge in [0.25, 0.3) is 5.91 Å². The number of rotatable bonds is 3. The summed E-state index contributed by atoms with van der Waals surface area (Å²) in [5.41, 5.74) is 1.95. The zero-order valence-corrected chi connectivity index (χ0v) is 14.2. The van der Waals surface area contributed by atoms with Gasteiger partial charge in [-0.1, -0.05) is 23.2 Å². The van der Waals surface area contributed by atoms with Gasteiger partial charge in [-0.2, -0.15) is 0 Å². The number of hydrogen-bond donors (Lipinski definition) is 2. The first-order chi connectivity index (χ1) is 11.5. The fraction of sp³-hybridized carbons (Fsp3) is 0.176. The molecule has 0 spiro atoms. The molecule has 2 aromatic rings. The molecule has 2 N–H and O–H groups in total. The van der Waals surface area contributed by atoms with E-state index in [1.165, 1.54) is 6.07 Å². The molecule has 3 rings (SSSR count). The highest BCUT2D eigenvalue weighted by Crippen LogP contribution is 2.23. The first kappa shape index (κ1) is 16.6. The number of hydrogen-bond acceptors (Lipinski definition) is 3. The molecule has 2 amide bonds. The lowest BCUT2D eigenvalue weighted by molar-refractivity contribution is -0.120. The van der Waals surface area contributed by atoms with E-state index in [1.807, 2.05) is 17.0 Å². The number of halogens is 2. The topological polar surface area (TPSA) is 61.4 Å². The van der Waals surface area contributed by atoms with E-state index in [-0.39, 0.29) is 11.8 Å². The van der Waals surface area contributed by atoms with E-state index in [2.05, 4.69) is 10.6 Å². The van der Waals surface area contributed by atoms with Crippen LogP contribution in [0.5, 0.6) is 0 Å². The Morgan fingerprint density at radius 3 is 2.54 bits per heavy atom.